The van der Waals surface area contributed by atoms with E-state index in [1.165, 1.54) is 37.7 Å². The SMILES string of the molecule is CC(=O)Nc1cnc(C(N)=CC(=NCc2ccccc2F)c2ncco2)nc1N. The van der Waals surface area contributed by atoms with Gasteiger partial charge in [-0.1, -0.05) is 18.2 Å². The molecule has 1 amide bonds. The van der Waals surface area contributed by atoms with Gasteiger partial charge in [0, 0.05) is 12.5 Å². The number of rotatable bonds is 6. The lowest BCUT2D eigenvalue weighted by atomic mass is 10.2. The molecule has 5 N–H and O–H groups in total. The van der Waals surface area contributed by atoms with E-state index < -0.39 is 0 Å². The molecule has 2 heterocycles. The Hall–Kier alpha value is -4.08. The number of aromatic nitrogens is 3. The third-order valence-corrected chi connectivity index (χ3v) is 3.71. The lowest BCUT2D eigenvalue weighted by molar-refractivity contribution is -0.114. The molecular formula is C19H18FN7O2. The van der Waals surface area contributed by atoms with Gasteiger partial charge in [-0.15, -0.1) is 0 Å². The first-order valence-electron chi connectivity index (χ1n) is 8.49. The number of nitrogens with two attached hydrogens (primary N) is 2. The summed E-state index contributed by atoms with van der Waals surface area (Å²) >= 11 is 0. The Kier molecular flexibility index (Phi) is 5.93. The van der Waals surface area contributed by atoms with Crippen molar-refractivity contribution in [3.05, 3.63) is 72.1 Å². The molecule has 1 aromatic carbocycles. The number of hydrogen-bond donors (Lipinski definition) is 3. The Labute approximate surface area is 165 Å². The zero-order valence-corrected chi connectivity index (χ0v) is 15.5. The van der Waals surface area contributed by atoms with E-state index >= 15 is 0 Å². The minimum atomic E-state index is -0.371. The molecule has 0 saturated heterocycles. The average Bonchev–Trinajstić information content (AvgIpc) is 3.22. The number of nitrogens with zero attached hydrogens (tertiary/aromatic N) is 4. The number of allylic oxidation sites excluding steroid dienone is 1. The number of carbonyl (C=O) groups excluding carboxylic acids is 1. The molecule has 0 unspecified atom stereocenters. The second kappa shape index (κ2) is 8.74. The van der Waals surface area contributed by atoms with Crippen LogP contribution in [0.2, 0.25) is 0 Å². The third-order valence-electron chi connectivity index (χ3n) is 3.71. The molecule has 0 aliphatic carbocycles. The molecule has 3 aromatic rings. The van der Waals surface area contributed by atoms with E-state index in [0.29, 0.717) is 5.56 Å². The number of anilines is 2. The van der Waals surface area contributed by atoms with Crippen molar-refractivity contribution in [3.8, 4) is 0 Å². The molecule has 0 saturated carbocycles. The highest BCUT2D eigenvalue weighted by atomic mass is 19.1. The topological polar surface area (TPSA) is 145 Å². The zero-order valence-electron chi connectivity index (χ0n) is 15.5. The maximum atomic E-state index is 13.9. The lowest BCUT2D eigenvalue weighted by Crippen LogP contribution is -2.13. The van der Waals surface area contributed by atoms with Crippen molar-refractivity contribution < 1.29 is 13.6 Å². The van der Waals surface area contributed by atoms with E-state index in [-0.39, 0.29) is 52.9 Å². The second-order valence-electron chi connectivity index (χ2n) is 5.90. The summed E-state index contributed by atoms with van der Waals surface area (Å²) in [6.07, 6.45) is 5.64. The number of oxazole rings is 1. The predicted molar refractivity (Wildman–Crippen MR) is 106 cm³/mol. The summed E-state index contributed by atoms with van der Waals surface area (Å²) in [5.41, 5.74) is 13.0. The van der Waals surface area contributed by atoms with Crippen LogP contribution >= 0.6 is 0 Å². The van der Waals surface area contributed by atoms with Crippen LogP contribution in [0.4, 0.5) is 15.9 Å². The van der Waals surface area contributed by atoms with Crippen LogP contribution in [-0.4, -0.2) is 26.6 Å². The van der Waals surface area contributed by atoms with Crippen molar-refractivity contribution >= 4 is 28.8 Å². The minimum Gasteiger partial charge on any atom is -0.443 e. The fourth-order valence-corrected chi connectivity index (χ4v) is 2.35. The van der Waals surface area contributed by atoms with Crippen molar-refractivity contribution in [3.63, 3.8) is 0 Å². The van der Waals surface area contributed by atoms with Gasteiger partial charge in [-0.25, -0.2) is 19.3 Å². The Morgan fingerprint density at radius 2 is 2.14 bits per heavy atom. The molecule has 148 valence electrons. The molecule has 0 bridgehead atoms. The Morgan fingerprint density at radius 1 is 1.34 bits per heavy atom. The molecular weight excluding hydrogens is 377 g/mol. The number of nitrogen functional groups attached to an aromatic ring is 1. The quantitative estimate of drug-likeness (QED) is 0.542. The zero-order chi connectivity index (χ0) is 20.8. The highest BCUT2D eigenvalue weighted by molar-refractivity contribution is 6.09. The van der Waals surface area contributed by atoms with Gasteiger partial charge in [0.15, 0.2) is 11.6 Å². The van der Waals surface area contributed by atoms with Crippen molar-refractivity contribution in [1.82, 2.24) is 15.0 Å². The molecule has 2 aromatic heterocycles. The molecule has 0 atom stereocenters. The first-order valence-corrected chi connectivity index (χ1v) is 8.49. The van der Waals surface area contributed by atoms with Gasteiger partial charge < -0.3 is 21.2 Å². The van der Waals surface area contributed by atoms with Crippen LogP contribution in [0, 0.1) is 5.82 Å². The van der Waals surface area contributed by atoms with Gasteiger partial charge >= 0.3 is 0 Å². The summed E-state index contributed by atoms with van der Waals surface area (Å²) in [7, 11) is 0. The third kappa shape index (κ3) is 5.01. The van der Waals surface area contributed by atoms with Crippen LogP contribution in [0.5, 0.6) is 0 Å². The van der Waals surface area contributed by atoms with Crippen molar-refractivity contribution in [2.24, 2.45) is 10.7 Å². The lowest BCUT2D eigenvalue weighted by Gasteiger charge is -2.07. The van der Waals surface area contributed by atoms with Gasteiger partial charge in [0.2, 0.25) is 11.8 Å². The Morgan fingerprint density at radius 3 is 2.79 bits per heavy atom. The van der Waals surface area contributed by atoms with Gasteiger partial charge in [0.25, 0.3) is 0 Å². The smallest absolute Gasteiger partial charge is 0.244 e. The van der Waals surface area contributed by atoms with E-state index in [1.54, 1.807) is 18.2 Å². The van der Waals surface area contributed by atoms with Crippen molar-refractivity contribution in [1.29, 1.82) is 0 Å². The van der Waals surface area contributed by atoms with Gasteiger partial charge in [-0.3, -0.25) is 9.79 Å². The first kappa shape index (κ1) is 19.7. The molecule has 29 heavy (non-hydrogen) atoms. The fraction of sp³-hybridized carbons (Fsp3) is 0.105. The number of nitrogens with one attached hydrogen (secondary N) is 1. The summed E-state index contributed by atoms with van der Waals surface area (Å²) in [4.78, 5) is 27.8. The summed E-state index contributed by atoms with van der Waals surface area (Å²) in [5.74, 6) is -0.288. The van der Waals surface area contributed by atoms with Gasteiger partial charge in [-0.2, -0.15) is 0 Å². The standard InChI is InChI=1S/C19H18FN7O2/c1-11(28)26-16-10-25-18(27-17(16)22)14(21)8-15(19-23-6-7-29-19)24-9-12-4-2-3-5-13(12)20/h2-8,10H,9,21H2,1H3,(H,26,28)(H2,22,25,27). The first-order chi connectivity index (χ1) is 13.9. The van der Waals surface area contributed by atoms with E-state index in [4.69, 9.17) is 15.9 Å². The molecule has 0 aliphatic rings. The maximum absolute atomic E-state index is 13.9. The van der Waals surface area contributed by atoms with Crippen molar-refractivity contribution in [2.45, 2.75) is 13.5 Å². The van der Waals surface area contributed by atoms with Gasteiger partial charge in [0.05, 0.1) is 24.6 Å². The molecule has 0 fully saturated rings. The van der Waals surface area contributed by atoms with Crippen LogP contribution < -0.4 is 16.8 Å². The van der Waals surface area contributed by atoms with Crippen molar-refractivity contribution in [2.75, 3.05) is 11.1 Å². The summed E-state index contributed by atoms with van der Waals surface area (Å²) in [6.45, 7) is 1.40. The second-order valence-corrected chi connectivity index (χ2v) is 5.90. The number of amides is 1. The highest BCUT2D eigenvalue weighted by Gasteiger charge is 2.12. The number of hydrogen-bond acceptors (Lipinski definition) is 8. The van der Waals surface area contributed by atoms with Crippen LogP contribution in [0.3, 0.4) is 0 Å². The van der Waals surface area contributed by atoms with E-state index in [2.05, 4.69) is 25.3 Å². The Balaban J connectivity index is 1.91. The molecule has 10 heteroatoms. The number of aliphatic imine (C=N–C) groups is 1. The molecule has 3 rings (SSSR count). The fourth-order valence-electron chi connectivity index (χ4n) is 2.35. The van der Waals surface area contributed by atoms with Crippen LogP contribution in [0.25, 0.3) is 5.70 Å². The molecule has 0 spiro atoms. The number of carbonyl (C=O) groups is 1. The molecule has 0 radical (unpaired) electrons. The Bertz CT molecular complexity index is 1080. The summed E-state index contributed by atoms with van der Waals surface area (Å²) < 4.78 is 19.2. The van der Waals surface area contributed by atoms with Crippen LogP contribution in [0.1, 0.15) is 24.2 Å². The van der Waals surface area contributed by atoms with Crippen LogP contribution in [0.15, 0.2) is 58.4 Å². The number of benzene rings is 1. The van der Waals surface area contributed by atoms with Crippen LogP contribution in [-0.2, 0) is 11.3 Å². The van der Waals surface area contributed by atoms with E-state index in [9.17, 15) is 9.18 Å². The normalized spacial score (nSPS) is 12.1. The summed E-state index contributed by atoms with van der Waals surface area (Å²) in [5, 5.41) is 2.51. The average molecular weight is 395 g/mol. The number of halogens is 1. The maximum Gasteiger partial charge on any atom is 0.244 e. The highest BCUT2D eigenvalue weighted by Crippen LogP contribution is 2.17. The minimum absolute atomic E-state index is 0.0542. The monoisotopic (exact) mass is 395 g/mol. The van der Waals surface area contributed by atoms with Gasteiger partial charge in [-0.05, 0) is 12.1 Å². The van der Waals surface area contributed by atoms with E-state index in [0.717, 1.165) is 0 Å². The molecule has 9 nitrogen and oxygen atoms in total. The van der Waals surface area contributed by atoms with Gasteiger partial charge in [0.1, 0.15) is 23.5 Å². The largest absolute Gasteiger partial charge is 0.443 e. The molecule has 0 aliphatic heterocycles. The predicted octanol–water partition coefficient (Wildman–Crippen LogP) is 2.13. The van der Waals surface area contributed by atoms with E-state index in [1.807, 2.05) is 0 Å². The summed E-state index contributed by atoms with van der Waals surface area (Å²) in [6, 6.07) is 6.30.